The highest BCUT2D eigenvalue weighted by molar-refractivity contribution is 5.85. The Balaban J connectivity index is 0.00000529. The summed E-state index contributed by atoms with van der Waals surface area (Å²) in [6.07, 6.45) is 16.5. The lowest BCUT2D eigenvalue weighted by Gasteiger charge is -2.32. The highest BCUT2D eigenvalue weighted by Crippen LogP contribution is 2.17. The third kappa shape index (κ3) is 12.5. The Labute approximate surface area is 156 Å². The van der Waals surface area contributed by atoms with Crippen molar-refractivity contribution < 1.29 is 10.2 Å². The van der Waals surface area contributed by atoms with Gasteiger partial charge in [-0.1, -0.05) is 71.1 Å². The molecule has 0 radical (unpaired) electrons. The lowest BCUT2D eigenvalue weighted by atomic mass is 9.97. The first-order valence-corrected chi connectivity index (χ1v) is 10.3. The van der Waals surface area contributed by atoms with Crippen LogP contribution in [0.1, 0.15) is 90.4 Å². The molecule has 1 fully saturated rings. The molecule has 1 saturated heterocycles. The van der Waals surface area contributed by atoms with Crippen molar-refractivity contribution in [2.75, 3.05) is 26.2 Å². The fourth-order valence-electron chi connectivity index (χ4n) is 3.61. The Hall–Kier alpha value is 0.170. The number of likely N-dealkylation sites (tertiary alicyclic amines) is 1. The number of unbranched alkanes of at least 4 members (excludes halogenated alkanes) is 9. The molecule has 0 aliphatic carbocycles. The molecule has 1 aliphatic rings. The number of rotatable bonds is 14. The number of aliphatic hydroxyl groups excluding tert-OH is 2. The summed E-state index contributed by atoms with van der Waals surface area (Å²) in [5.41, 5.74) is 0. The second kappa shape index (κ2) is 16.6. The van der Waals surface area contributed by atoms with Crippen molar-refractivity contribution in [3.8, 4) is 0 Å². The molecule has 24 heavy (non-hydrogen) atoms. The van der Waals surface area contributed by atoms with E-state index in [1.165, 1.54) is 64.2 Å². The number of hydrogen-bond donors (Lipinski definition) is 2. The van der Waals surface area contributed by atoms with Crippen molar-refractivity contribution in [3.63, 3.8) is 0 Å². The van der Waals surface area contributed by atoms with Crippen LogP contribution >= 0.6 is 12.4 Å². The first-order valence-electron chi connectivity index (χ1n) is 10.3. The average molecular weight is 364 g/mol. The van der Waals surface area contributed by atoms with Crippen LogP contribution in [0.5, 0.6) is 0 Å². The van der Waals surface area contributed by atoms with Crippen LogP contribution in [0.3, 0.4) is 0 Å². The molecular weight excluding hydrogens is 322 g/mol. The molecule has 2 N–H and O–H groups in total. The normalized spacial score (nSPS) is 17.6. The SMILES string of the molecule is CCCCCCCCCCCCC(O)CN1CCC(CO)CC1.Cl. The molecule has 4 heteroatoms. The summed E-state index contributed by atoms with van der Waals surface area (Å²) in [5.74, 6) is 0.491. The average Bonchev–Trinajstić information content (AvgIpc) is 2.57. The van der Waals surface area contributed by atoms with Gasteiger partial charge in [-0.2, -0.15) is 0 Å². The minimum Gasteiger partial charge on any atom is -0.396 e. The van der Waals surface area contributed by atoms with E-state index in [4.69, 9.17) is 5.11 Å². The molecule has 0 spiro atoms. The van der Waals surface area contributed by atoms with Crippen LogP contribution in [0.25, 0.3) is 0 Å². The van der Waals surface area contributed by atoms with Crippen molar-refractivity contribution in [3.05, 3.63) is 0 Å². The first-order chi connectivity index (χ1) is 11.3. The van der Waals surface area contributed by atoms with Gasteiger partial charge in [0.15, 0.2) is 0 Å². The molecular formula is C20H42ClNO2. The fraction of sp³-hybridized carbons (Fsp3) is 1.00. The van der Waals surface area contributed by atoms with Crippen molar-refractivity contribution in [1.82, 2.24) is 4.90 Å². The van der Waals surface area contributed by atoms with Gasteiger partial charge in [-0.05, 0) is 38.3 Å². The quantitative estimate of drug-likeness (QED) is 0.436. The van der Waals surface area contributed by atoms with Crippen LogP contribution < -0.4 is 0 Å². The molecule has 0 aromatic heterocycles. The topological polar surface area (TPSA) is 43.7 Å². The summed E-state index contributed by atoms with van der Waals surface area (Å²) in [5, 5.41) is 19.3. The number of nitrogens with zero attached hydrogens (tertiary/aromatic N) is 1. The fourth-order valence-corrected chi connectivity index (χ4v) is 3.61. The van der Waals surface area contributed by atoms with Crippen LogP contribution in [0.4, 0.5) is 0 Å². The summed E-state index contributed by atoms with van der Waals surface area (Å²) < 4.78 is 0. The van der Waals surface area contributed by atoms with Crippen molar-refractivity contribution in [1.29, 1.82) is 0 Å². The predicted molar refractivity (Wildman–Crippen MR) is 106 cm³/mol. The van der Waals surface area contributed by atoms with E-state index in [9.17, 15) is 5.11 Å². The van der Waals surface area contributed by atoms with E-state index >= 15 is 0 Å². The largest absolute Gasteiger partial charge is 0.396 e. The van der Waals surface area contributed by atoms with Crippen LogP contribution in [0, 0.1) is 5.92 Å². The van der Waals surface area contributed by atoms with Crippen LogP contribution in [-0.4, -0.2) is 47.5 Å². The Morgan fingerprint density at radius 2 is 1.38 bits per heavy atom. The van der Waals surface area contributed by atoms with E-state index in [1.54, 1.807) is 0 Å². The Bertz CT molecular complexity index is 258. The number of β-amino-alcohol motifs (C(OH)–C–C–N with tert-alkyl or cyclic N) is 1. The van der Waals surface area contributed by atoms with E-state index in [0.29, 0.717) is 12.5 Å². The predicted octanol–water partition coefficient (Wildman–Crippen LogP) is 4.78. The molecule has 1 heterocycles. The maximum absolute atomic E-state index is 10.2. The molecule has 0 amide bonds. The summed E-state index contributed by atoms with van der Waals surface area (Å²) in [6.45, 7) is 5.51. The van der Waals surface area contributed by atoms with E-state index < -0.39 is 0 Å². The molecule has 1 unspecified atom stereocenters. The van der Waals surface area contributed by atoms with Gasteiger partial charge in [0.1, 0.15) is 0 Å². The minimum atomic E-state index is -0.158. The van der Waals surface area contributed by atoms with Crippen molar-refractivity contribution in [2.45, 2.75) is 96.5 Å². The van der Waals surface area contributed by atoms with Gasteiger partial charge in [0.05, 0.1) is 6.10 Å². The van der Waals surface area contributed by atoms with Crippen LogP contribution in [-0.2, 0) is 0 Å². The molecule has 0 aromatic rings. The van der Waals surface area contributed by atoms with Gasteiger partial charge in [0, 0.05) is 13.2 Å². The number of hydrogen-bond acceptors (Lipinski definition) is 3. The monoisotopic (exact) mass is 363 g/mol. The zero-order valence-electron chi connectivity index (χ0n) is 15.9. The summed E-state index contributed by atoms with van der Waals surface area (Å²) in [7, 11) is 0. The summed E-state index contributed by atoms with van der Waals surface area (Å²) in [4.78, 5) is 2.37. The van der Waals surface area contributed by atoms with E-state index in [2.05, 4.69) is 11.8 Å². The number of aliphatic hydroxyl groups is 2. The van der Waals surface area contributed by atoms with Gasteiger partial charge in [0.25, 0.3) is 0 Å². The third-order valence-electron chi connectivity index (χ3n) is 5.33. The second-order valence-electron chi connectivity index (χ2n) is 7.55. The number of halogens is 1. The third-order valence-corrected chi connectivity index (χ3v) is 5.33. The summed E-state index contributed by atoms with van der Waals surface area (Å²) >= 11 is 0. The smallest absolute Gasteiger partial charge is 0.0667 e. The summed E-state index contributed by atoms with van der Waals surface area (Å²) in [6, 6.07) is 0. The standard InChI is InChI=1S/C20H41NO2.ClH/c1-2-3-4-5-6-7-8-9-10-11-12-20(23)17-21-15-13-19(18-22)14-16-21;/h19-20,22-23H,2-18H2,1H3;1H. The molecule has 1 rings (SSSR count). The molecule has 3 nitrogen and oxygen atoms in total. The van der Waals surface area contributed by atoms with Gasteiger partial charge in [0.2, 0.25) is 0 Å². The minimum absolute atomic E-state index is 0. The maximum atomic E-state index is 10.2. The first kappa shape index (κ1) is 24.2. The van der Waals surface area contributed by atoms with E-state index in [0.717, 1.165) is 38.9 Å². The van der Waals surface area contributed by atoms with Gasteiger partial charge in [-0.15, -0.1) is 12.4 Å². The van der Waals surface area contributed by atoms with Crippen LogP contribution in [0.2, 0.25) is 0 Å². The van der Waals surface area contributed by atoms with E-state index in [1.807, 2.05) is 0 Å². The van der Waals surface area contributed by atoms with Crippen LogP contribution in [0.15, 0.2) is 0 Å². The molecule has 1 aliphatic heterocycles. The van der Waals surface area contributed by atoms with Gasteiger partial charge in [-0.3, -0.25) is 0 Å². The maximum Gasteiger partial charge on any atom is 0.0667 e. The van der Waals surface area contributed by atoms with E-state index in [-0.39, 0.29) is 18.5 Å². The molecule has 146 valence electrons. The van der Waals surface area contributed by atoms with Gasteiger partial charge < -0.3 is 15.1 Å². The van der Waals surface area contributed by atoms with Crippen molar-refractivity contribution in [2.24, 2.45) is 5.92 Å². The molecule has 0 saturated carbocycles. The second-order valence-corrected chi connectivity index (χ2v) is 7.55. The molecule has 1 atom stereocenters. The Morgan fingerprint density at radius 3 is 1.88 bits per heavy atom. The number of piperidine rings is 1. The highest BCUT2D eigenvalue weighted by Gasteiger charge is 2.20. The lowest BCUT2D eigenvalue weighted by Crippen LogP contribution is -2.39. The van der Waals surface area contributed by atoms with Crippen molar-refractivity contribution >= 4 is 12.4 Å². The zero-order chi connectivity index (χ0) is 16.8. The molecule has 0 bridgehead atoms. The van der Waals surface area contributed by atoms with Gasteiger partial charge >= 0.3 is 0 Å². The van der Waals surface area contributed by atoms with Gasteiger partial charge in [-0.25, -0.2) is 0 Å². The highest BCUT2D eigenvalue weighted by atomic mass is 35.5. The molecule has 0 aromatic carbocycles. The lowest BCUT2D eigenvalue weighted by molar-refractivity contribution is 0.0709. The zero-order valence-corrected chi connectivity index (χ0v) is 16.7. The Morgan fingerprint density at radius 1 is 0.875 bits per heavy atom. The Kier molecular flexibility index (Phi) is 16.7.